The van der Waals surface area contributed by atoms with Crippen molar-refractivity contribution in [3.05, 3.63) is 35.9 Å². The molecule has 27 atom stereocenters. The summed E-state index contributed by atoms with van der Waals surface area (Å²) in [5, 5.41) is 100. The van der Waals surface area contributed by atoms with Crippen molar-refractivity contribution in [2.45, 2.75) is 280 Å². The van der Waals surface area contributed by atoms with Crippen LogP contribution in [0.1, 0.15) is 249 Å². The zero-order chi connectivity index (χ0) is 67.1. The molecule has 2 aromatic heterocycles. The molecule has 0 amide bonds. The molecule has 14 rings (SSSR count). The third kappa shape index (κ3) is 13.6. The van der Waals surface area contributed by atoms with E-state index in [9.17, 15) is 45.0 Å². The summed E-state index contributed by atoms with van der Waals surface area (Å²) in [7, 11) is 1.00. The zero-order valence-corrected chi connectivity index (χ0v) is 59.1. The summed E-state index contributed by atoms with van der Waals surface area (Å²) in [6.45, 7) is 22.1. The number of rotatable bonds is 6. The van der Waals surface area contributed by atoms with Crippen LogP contribution < -0.4 is 0 Å². The molecule has 0 aliphatic heterocycles. The first-order valence-electron chi connectivity index (χ1n) is 35.8. The maximum absolute atomic E-state index is 13.3. The SMILES string of the molecule is C.C.CC(=O)[C@H]1CC[C@H]2[C@@H]3[C@H](O)C[C@H]4C[C@](C)(O)CC[C@]4(C)[C@H]3CC[C@]12C.CO.C[C@@]1(O)CC[C@@]2(C)[C@@H](C[C@@H](O)[C@@H]3[C@@H]2CC[C@]2(C)[C@@H](C(=O)CBr)CC[C@@H]32)C1.C[C@@]1(O)CC[C@@]2(C)[C@@H](C[C@@H](O)[C@@H]3[C@@H]2CC[C@]2(C)[C@@H](C(=O)Cn4cc(C#N)cn4)CC[C@@H]32)C1.N#Cc1cn[nH]c1. The lowest BCUT2D eigenvalue weighted by Gasteiger charge is -2.63. The Morgan fingerprint density at radius 2 is 0.872 bits per heavy atom. The number of halogens is 1. The van der Waals surface area contributed by atoms with Crippen molar-refractivity contribution in [3.8, 4) is 12.1 Å². The van der Waals surface area contributed by atoms with Gasteiger partial charge in [0.05, 0.1) is 70.5 Å². The number of Topliss-reactive ketones (excluding diaryl/α,β-unsaturated/α-hetero) is 3. The van der Waals surface area contributed by atoms with E-state index in [-0.39, 0.29) is 102 Å². The van der Waals surface area contributed by atoms with Gasteiger partial charge in [-0.3, -0.25) is 24.2 Å². The van der Waals surface area contributed by atoms with Crippen LogP contribution in [-0.2, 0) is 20.9 Å². The molecule has 2 aromatic rings. The molecular weight excluding hydrogens is 1250 g/mol. The maximum atomic E-state index is 13.3. The van der Waals surface area contributed by atoms with Crippen molar-refractivity contribution in [3.63, 3.8) is 0 Å². The number of hydrogen-bond donors (Lipinski definition) is 8. The van der Waals surface area contributed by atoms with Crippen LogP contribution in [0.4, 0.5) is 0 Å². The van der Waals surface area contributed by atoms with E-state index in [0.29, 0.717) is 93.1 Å². The fourth-order valence-corrected chi connectivity index (χ4v) is 25.5. The Kier molecular flexibility index (Phi) is 23.0. The summed E-state index contributed by atoms with van der Waals surface area (Å²) in [4.78, 5) is 38.1. The highest BCUT2D eigenvalue weighted by molar-refractivity contribution is 9.09. The molecule has 12 aliphatic carbocycles. The Labute approximate surface area is 572 Å². The van der Waals surface area contributed by atoms with Gasteiger partial charge in [-0.05, 0) is 285 Å². The van der Waals surface area contributed by atoms with Gasteiger partial charge in [-0.15, -0.1) is 0 Å². The van der Waals surface area contributed by atoms with Crippen LogP contribution in [0.3, 0.4) is 0 Å². The number of hydrogen-bond acceptors (Lipinski definition) is 14. The number of fused-ring (bicyclic) bond motifs is 15. The van der Waals surface area contributed by atoms with Crippen LogP contribution in [0.25, 0.3) is 0 Å². The van der Waals surface area contributed by atoms with Crippen molar-refractivity contribution in [1.29, 1.82) is 10.5 Å². The lowest BCUT2D eigenvalue weighted by molar-refractivity contribution is -0.185. The number of aliphatic hydroxyl groups is 7. The van der Waals surface area contributed by atoms with E-state index in [1.165, 1.54) is 12.4 Å². The fraction of sp³-hybridized carbons (Fsp3) is 0.857. The van der Waals surface area contributed by atoms with Gasteiger partial charge in [0.25, 0.3) is 0 Å². The average Bonchev–Trinajstić information content (AvgIpc) is 1.30. The second-order valence-electron chi connectivity index (χ2n) is 34.8. The van der Waals surface area contributed by atoms with Gasteiger partial charge in [0.1, 0.15) is 23.7 Å². The minimum Gasteiger partial charge on any atom is -0.400 e. The third-order valence-electron chi connectivity index (χ3n) is 30.0. The van der Waals surface area contributed by atoms with Gasteiger partial charge in [0.15, 0.2) is 5.78 Å². The van der Waals surface area contributed by atoms with Crippen LogP contribution >= 0.6 is 15.9 Å². The first-order chi connectivity index (χ1) is 43.2. The molecule has 0 aromatic carbocycles. The molecular formula is C77H123BrN6O10. The van der Waals surface area contributed by atoms with Crippen molar-refractivity contribution in [1.82, 2.24) is 20.0 Å². The Bertz CT molecular complexity index is 3050. The second kappa shape index (κ2) is 28.3. The van der Waals surface area contributed by atoms with Gasteiger partial charge in [-0.25, -0.2) is 0 Å². The Balaban J connectivity index is 0.000000169. The standard InChI is InChI=1S/C26H37N3O3.C22H35BrO3.C22H36O3.C4H3N3.CH4O.2CH4/c1-24(32)8-9-25(2)17(11-24)10-21(30)23-19-5-4-18(26(19,3)7-6-20(23)25)22(31)15-29-14-16(12-27)13-28-29;1-20(26)8-9-21(2)13(11-20)10-17(24)19-15-5-4-14(18(25)12-23)22(15,3)7-6-16(19)21;1-13(23)15-5-6-16-19-17(7-8-22(15,16)4)21(3)10-9-20(2,25)12-14(21)11-18(19)24;5-1-4-2-6-7-3-4;1-2;;/h13-14,17-21,23,30,32H,4-11,15H2,1-3H3;13-17,19,24,26H,4-12H2,1-3H3;14-19,24-25H,5-12H2,1-4H3;2-3H,(H,6,7);2H,1H3;2*1H4/t17-,18+,19-,20-,21+,23-,24+,25-,26+;13-,14+,15-,16-,17+,19-,20+,21-,22+;14-,15+,16-,17-,18+,19-,20+,21-,22+;;;;/m000..../s1. The minimum atomic E-state index is -0.608. The summed E-state index contributed by atoms with van der Waals surface area (Å²) in [5.41, 5.74) is 0.0662. The number of H-pyrrole nitrogens is 1. The predicted octanol–water partition coefficient (Wildman–Crippen LogP) is 13.2. The van der Waals surface area contributed by atoms with E-state index < -0.39 is 16.8 Å². The van der Waals surface area contributed by atoms with E-state index in [4.69, 9.17) is 15.6 Å². The summed E-state index contributed by atoms with van der Waals surface area (Å²) in [5.74, 6) is 6.38. The largest absolute Gasteiger partial charge is 0.400 e. The van der Waals surface area contributed by atoms with Crippen molar-refractivity contribution in [2.75, 3.05) is 12.4 Å². The first kappa shape index (κ1) is 76.4. The summed E-state index contributed by atoms with van der Waals surface area (Å²) < 4.78 is 1.60. The summed E-state index contributed by atoms with van der Waals surface area (Å²) in [6.07, 6.45) is 28.7. The smallest absolute Gasteiger partial charge is 0.157 e. The Morgan fingerprint density at radius 1 is 0.521 bits per heavy atom. The van der Waals surface area contributed by atoms with Crippen LogP contribution in [-0.4, -0.2) is 121 Å². The molecule has 0 saturated heterocycles. The molecule has 94 heavy (non-hydrogen) atoms. The number of alkyl halides is 1. The highest BCUT2D eigenvalue weighted by Crippen LogP contribution is 2.72. The minimum absolute atomic E-state index is 0. The molecule has 0 radical (unpaired) electrons. The Hall–Kier alpha value is -3.39. The number of nitrogens with one attached hydrogen (secondary N) is 1. The molecule has 0 bridgehead atoms. The second-order valence-corrected chi connectivity index (χ2v) is 35.4. The fourth-order valence-electron chi connectivity index (χ4n) is 25.1. The van der Waals surface area contributed by atoms with Gasteiger partial charge < -0.3 is 35.7 Å². The van der Waals surface area contributed by atoms with E-state index in [1.54, 1.807) is 24.0 Å². The number of nitriles is 2. The Morgan fingerprint density at radius 3 is 1.19 bits per heavy atom. The quantitative estimate of drug-likeness (QED) is 0.125. The van der Waals surface area contributed by atoms with Crippen LogP contribution in [0.15, 0.2) is 24.8 Å². The molecule has 528 valence electrons. The van der Waals surface area contributed by atoms with Crippen molar-refractivity contribution < 1.29 is 50.1 Å². The molecule has 0 spiro atoms. The molecule has 8 N–H and O–H groups in total. The summed E-state index contributed by atoms with van der Waals surface area (Å²) in [6, 6.07) is 3.99. The van der Waals surface area contributed by atoms with Crippen LogP contribution in [0.2, 0.25) is 0 Å². The number of ketones is 3. The number of carbonyl (C=O) groups is 3. The molecule has 12 aliphatic rings. The number of carbonyl (C=O) groups excluding carboxylic acids is 3. The number of aromatic amines is 1. The van der Waals surface area contributed by atoms with E-state index in [2.05, 4.69) is 78.8 Å². The van der Waals surface area contributed by atoms with Crippen molar-refractivity contribution >= 4 is 33.3 Å². The molecule has 16 nitrogen and oxygen atoms in total. The molecule has 0 unspecified atom stereocenters. The monoisotopic (exact) mass is 1370 g/mol. The molecule has 2 heterocycles. The van der Waals surface area contributed by atoms with Crippen LogP contribution in [0, 0.1) is 144 Å². The lowest BCUT2D eigenvalue weighted by atomic mass is 9.43. The van der Waals surface area contributed by atoms with Crippen LogP contribution in [0.5, 0.6) is 0 Å². The van der Waals surface area contributed by atoms with Gasteiger partial charge >= 0.3 is 0 Å². The zero-order valence-electron chi connectivity index (χ0n) is 57.6. The van der Waals surface area contributed by atoms with Gasteiger partial charge in [0, 0.05) is 37.3 Å². The third-order valence-corrected chi connectivity index (χ3v) is 30.6. The number of nitrogens with zero attached hydrogens (tertiary/aromatic N) is 5. The number of aliphatic hydroxyl groups excluding tert-OH is 4. The van der Waals surface area contributed by atoms with Gasteiger partial charge in [-0.1, -0.05) is 72.3 Å². The summed E-state index contributed by atoms with van der Waals surface area (Å²) >= 11 is 3.39. The average molecular weight is 1370 g/mol. The van der Waals surface area contributed by atoms with Gasteiger partial charge in [0.2, 0.25) is 0 Å². The normalized spacial score (nSPS) is 48.0. The maximum Gasteiger partial charge on any atom is 0.157 e. The molecule has 17 heteroatoms. The van der Waals surface area contributed by atoms with E-state index in [1.807, 2.05) is 26.8 Å². The molecule has 12 fully saturated rings. The van der Waals surface area contributed by atoms with E-state index >= 15 is 0 Å². The molecule has 12 saturated carbocycles. The first-order valence-corrected chi connectivity index (χ1v) is 36.9. The van der Waals surface area contributed by atoms with E-state index in [0.717, 1.165) is 161 Å². The predicted molar refractivity (Wildman–Crippen MR) is 368 cm³/mol. The lowest BCUT2D eigenvalue weighted by Crippen LogP contribution is -2.59. The highest BCUT2D eigenvalue weighted by Gasteiger charge is 2.67. The number of aromatic nitrogens is 4. The van der Waals surface area contributed by atoms with Gasteiger partial charge in [-0.2, -0.15) is 20.7 Å². The topological polar surface area (TPSA) is 287 Å². The highest BCUT2D eigenvalue weighted by atomic mass is 79.9. The van der Waals surface area contributed by atoms with Crippen molar-refractivity contribution in [2.24, 2.45) is 121 Å².